The third-order valence-electron chi connectivity index (χ3n) is 5.54. The zero-order valence-corrected chi connectivity index (χ0v) is 17.8. The van der Waals surface area contributed by atoms with E-state index >= 15 is 0 Å². The summed E-state index contributed by atoms with van der Waals surface area (Å²) >= 11 is 1.56. The fourth-order valence-corrected chi connectivity index (χ4v) is 4.74. The number of ether oxygens (including phenoxy) is 1. The smallest absolute Gasteiger partial charge is 0.314 e. The molecule has 1 aliphatic rings. The van der Waals surface area contributed by atoms with Crippen molar-refractivity contribution >= 4 is 23.2 Å². The minimum atomic E-state index is -0.910. The predicted molar refractivity (Wildman–Crippen MR) is 110 cm³/mol. The second-order valence-corrected chi connectivity index (χ2v) is 8.49. The first-order valence-corrected chi connectivity index (χ1v) is 10.9. The molecule has 0 saturated carbocycles. The summed E-state index contributed by atoms with van der Waals surface area (Å²) in [5.41, 5.74) is 2.32. The van der Waals surface area contributed by atoms with Gasteiger partial charge in [-0.05, 0) is 51.2 Å². The molecule has 1 saturated heterocycles. The lowest BCUT2D eigenvalue weighted by Gasteiger charge is -2.41. The Morgan fingerprint density at radius 3 is 2.83 bits per heavy atom. The Balaban J connectivity index is 1.76. The standard InChI is InChI=1S/C22H27FN2O3S/c1-3-28-21(27)22(13-17-7-4-5-8-18(17)23)11-6-12-25(14-22)20(26)10-9-19-16(2)24-15-29-19/h4-5,7-8,15H,3,6,9-14H2,1-2H3/t22-/m1/s1. The number of carbonyl (C=O) groups excluding carboxylic acids is 2. The maximum absolute atomic E-state index is 14.3. The lowest BCUT2D eigenvalue weighted by Crippen LogP contribution is -2.51. The molecule has 0 spiro atoms. The third-order valence-corrected chi connectivity index (χ3v) is 6.53. The average Bonchev–Trinajstić information content (AvgIpc) is 3.13. The summed E-state index contributed by atoms with van der Waals surface area (Å²) in [6.07, 6.45) is 2.53. The second-order valence-electron chi connectivity index (χ2n) is 7.55. The molecule has 1 aliphatic heterocycles. The number of benzene rings is 1. The highest BCUT2D eigenvalue weighted by Crippen LogP contribution is 2.36. The molecule has 3 rings (SSSR count). The van der Waals surface area contributed by atoms with Crippen LogP contribution in [0.1, 0.15) is 42.3 Å². The van der Waals surface area contributed by atoms with Crippen LogP contribution in [0.3, 0.4) is 0 Å². The van der Waals surface area contributed by atoms with Crippen LogP contribution in [0.4, 0.5) is 4.39 Å². The molecule has 7 heteroatoms. The number of piperidine rings is 1. The molecule has 1 aromatic carbocycles. The van der Waals surface area contributed by atoms with Crippen LogP contribution < -0.4 is 0 Å². The number of thiazole rings is 1. The van der Waals surface area contributed by atoms with Crippen LogP contribution >= 0.6 is 11.3 Å². The minimum absolute atomic E-state index is 0.0136. The molecule has 0 aliphatic carbocycles. The number of likely N-dealkylation sites (tertiary alicyclic amines) is 1. The number of amides is 1. The summed E-state index contributed by atoms with van der Waals surface area (Å²) in [7, 11) is 0. The van der Waals surface area contributed by atoms with Gasteiger partial charge in [0.05, 0.1) is 23.2 Å². The van der Waals surface area contributed by atoms with Crippen LogP contribution in [0.25, 0.3) is 0 Å². The number of carbonyl (C=O) groups is 2. The number of esters is 1. The van der Waals surface area contributed by atoms with Crippen LogP contribution in [-0.2, 0) is 27.2 Å². The molecule has 0 unspecified atom stereocenters. The van der Waals surface area contributed by atoms with Gasteiger partial charge in [-0.15, -0.1) is 11.3 Å². The molecule has 0 bridgehead atoms. The van der Waals surface area contributed by atoms with E-state index in [2.05, 4.69) is 4.98 Å². The Morgan fingerprint density at radius 2 is 2.14 bits per heavy atom. The summed E-state index contributed by atoms with van der Waals surface area (Å²) in [5, 5.41) is 0. The monoisotopic (exact) mass is 418 g/mol. The van der Waals surface area contributed by atoms with Crippen molar-refractivity contribution in [2.45, 2.75) is 46.0 Å². The van der Waals surface area contributed by atoms with Gasteiger partial charge in [0.15, 0.2) is 0 Å². The van der Waals surface area contributed by atoms with Crippen LogP contribution in [0.15, 0.2) is 29.8 Å². The third kappa shape index (κ3) is 5.01. The Labute approximate surface area is 174 Å². The fraction of sp³-hybridized carbons (Fsp3) is 0.500. The first-order valence-electron chi connectivity index (χ1n) is 10.0. The van der Waals surface area contributed by atoms with Crippen molar-refractivity contribution in [3.8, 4) is 0 Å². The molecule has 1 amide bonds. The zero-order chi connectivity index (χ0) is 20.9. The molecule has 5 nitrogen and oxygen atoms in total. The molecule has 0 N–H and O–H groups in total. The highest BCUT2D eigenvalue weighted by molar-refractivity contribution is 7.09. The van der Waals surface area contributed by atoms with Crippen molar-refractivity contribution in [1.29, 1.82) is 0 Å². The number of hydrogen-bond donors (Lipinski definition) is 0. The molecule has 1 atom stereocenters. The van der Waals surface area contributed by atoms with Gasteiger partial charge in [0.25, 0.3) is 0 Å². The van der Waals surface area contributed by atoms with Gasteiger partial charge in [-0.1, -0.05) is 18.2 Å². The first-order chi connectivity index (χ1) is 13.9. The highest BCUT2D eigenvalue weighted by Gasteiger charge is 2.45. The van der Waals surface area contributed by atoms with Gasteiger partial charge >= 0.3 is 5.97 Å². The van der Waals surface area contributed by atoms with E-state index in [4.69, 9.17) is 4.74 Å². The molecule has 29 heavy (non-hydrogen) atoms. The minimum Gasteiger partial charge on any atom is -0.466 e. The van der Waals surface area contributed by atoms with Gasteiger partial charge < -0.3 is 9.64 Å². The van der Waals surface area contributed by atoms with Gasteiger partial charge in [0.2, 0.25) is 5.91 Å². The lowest BCUT2D eigenvalue weighted by molar-refractivity contribution is -0.160. The number of aromatic nitrogens is 1. The molecule has 1 aromatic heterocycles. The van der Waals surface area contributed by atoms with Crippen molar-refractivity contribution in [1.82, 2.24) is 9.88 Å². The van der Waals surface area contributed by atoms with Crippen molar-refractivity contribution in [3.63, 3.8) is 0 Å². The normalized spacial score (nSPS) is 19.2. The highest BCUT2D eigenvalue weighted by atomic mass is 32.1. The maximum atomic E-state index is 14.3. The van der Waals surface area contributed by atoms with E-state index in [-0.39, 0.29) is 37.3 Å². The SMILES string of the molecule is CCOC(=O)[C@@]1(Cc2ccccc2F)CCCN(C(=O)CCc2scnc2C)C1. The molecular formula is C22H27FN2O3S. The van der Waals surface area contributed by atoms with Crippen LogP contribution in [-0.4, -0.2) is 41.5 Å². The van der Waals surface area contributed by atoms with Gasteiger partial charge in [-0.25, -0.2) is 9.37 Å². The Bertz CT molecular complexity index is 869. The van der Waals surface area contributed by atoms with Crippen molar-refractivity contribution in [3.05, 3.63) is 51.7 Å². The van der Waals surface area contributed by atoms with E-state index in [1.807, 2.05) is 6.92 Å². The van der Waals surface area contributed by atoms with Crippen molar-refractivity contribution < 1.29 is 18.7 Å². The number of nitrogens with zero attached hydrogens (tertiary/aromatic N) is 2. The summed E-state index contributed by atoms with van der Waals surface area (Å²) < 4.78 is 19.7. The van der Waals surface area contributed by atoms with E-state index in [1.54, 1.807) is 46.9 Å². The van der Waals surface area contributed by atoms with Gasteiger partial charge in [-0.2, -0.15) is 0 Å². The maximum Gasteiger partial charge on any atom is 0.314 e. The van der Waals surface area contributed by atoms with E-state index in [0.29, 0.717) is 37.8 Å². The van der Waals surface area contributed by atoms with E-state index in [1.165, 1.54) is 6.07 Å². The number of halogens is 1. The quantitative estimate of drug-likeness (QED) is 0.639. The number of rotatable bonds is 7. The topological polar surface area (TPSA) is 59.5 Å². The summed E-state index contributed by atoms with van der Waals surface area (Å²) in [4.78, 5) is 32.9. The van der Waals surface area contributed by atoms with Gasteiger partial charge in [0, 0.05) is 24.4 Å². The Morgan fingerprint density at radius 1 is 1.34 bits per heavy atom. The zero-order valence-electron chi connectivity index (χ0n) is 16.9. The molecule has 0 radical (unpaired) electrons. The Hall–Kier alpha value is -2.28. The van der Waals surface area contributed by atoms with Crippen molar-refractivity contribution in [2.75, 3.05) is 19.7 Å². The second kappa shape index (κ2) is 9.48. The summed E-state index contributed by atoms with van der Waals surface area (Å²) in [6.45, 7) is 4.84. The van der Waals surface area contributed by atoms with Crippen LogP contribution in [0.5, 0.6) is 0 Å². The largest absolute Gasteiger partial charge is 0.466 e. The molecule has 2 aromatic rings. The number of hydrogen-bond acceptors (Lipinski definition) is 5. The molecule has 156 valence electrons. The summed E-state index contributed by atoms with van der Waals surface area (Å²) in [5.74, 6) is -0.668. The first kappa shape index (κ1) is 21.4. The molecular weight excluding hydrogens is 391 g/mol. The average molecular weight is 419 g/mol. The van der Waals surface area contributed by atoms with Crippen LogP contribution in [0.2, 0.25) is 0 Å². The predicted octanol–water partition coefficient (Wildman–Crippen LogP) is 3.94. The van der Waals surface area contributed by atoms with E-state index in [0.717, 1.165) is 10.6 Å². The number of aryl methyl sites for hydroxylation is 2. The van der Waals surface area contributed by atoms with E-state index in [9.17, 15) is 14.0 Å². The van der Waals surface area contributed by atoms with Crippen LogP contribution in [0, 0.1) is 18.2 Å². The van der Waals surface area contributed by atoms with E-state index < -0.39 is 5.41 Å². The molecule has 1 fully saturated rings. The van der Waals surface area contributed by atoms with Crippen molar-refractivity contribution in [2.24, 2.45) is 5.41 Å². The molecule has 2 heterocycles. The lowest BCUT2D eigenvalue weighted by atomic mass is 9.74. The summed E-state index contributed by atoms with van der Waals surface area (Å²) in [6, 6.07) is 6.50. The Kier molecular flexibility index (Phi) is 7.00. The van der Waals surface area contributed by atoms with Gasteiger partial charge in [-0.3, -0.25) is 9.59 Å². The van der Waals surface area contributed by atoms with Gasteiger partial charge in [0.1, 0.15) is 5.82 Å². The fourth-order valence-electron chi connectivity index (χ4n) is 3.96.